The maximum atomic E-state index is 12.9. The fourth-order valence-electron chi connectivity index (χ4n) is 2.54. The highest BCUT2D eigenvalue weighted by Gasteiger charge is 2.14. The van der Waals surface area contributed by atoms with E-state index < -0.39 is 0 Å². The number of benzene rings is 2. The molecule has 0 spiro atoms. The molecule has 1 aromatic heterocycles. The molecule has 2 amide bonds. The fraction of sp³-hybridized carbons (Fsp3) is 0.190. The second-order valence-electron chi connectivity index (χ2n) is 6.19. The predicted molar refractivity (Wildman–Crippen MR) is 121 cm³/mol. The van der Waals surface area contributed by atoms with Gasteiger partial charge in [0.15, 0.2) is 0 Å². The average molecular weight is 446 g/mol. The number of rotatable bonds is 7. The van der Waals surface area contributed by atoms with Gasteiger partial charge in [-0.15, -0.1) is 23.1 Å². The molecule has 0 saturated heterocycles. The van der Waals surface area contributed by atoms with Crippen LogP contribution in [0.3, 0.4) is 0 Å². The van der Waals surface area contributed by atoms with Gasteiger partial charge in [0.1, 0.15) is 0 Å². The summed E-state index contributed by atoms with van der Waals surface area (Å²) in [7, 11) is 0. The summed E-state index contributed by atoms with van der Waals surface area (Å²) in [6.45, 7) is 3.75. The average Bonchev–Trinajstić information content (AvgIpc) is 3.14. The molecule has 0 atom stereocenters. The molecule has 3 rings (SSSR count). The zero-order chi connectivity index (χ0) is 20.8. The maximum Gasteiger partial charge on any atom is 0.256 e. The van der Waals surface area contributed by atoms with E-state index >= 15 is 0 Å². The van der Waals surface area contributed by atoms with Crippen molar-refractivity contribution in [1.29, 1.82) is 0 Å². The first-order valence-electron chi connectivity index (χ1n) is 9.00. The Morgan fingerprint density at radius 2 is 1.97 bits per heavy atom. The molecule has 150 valence electrons. The summed E-state index contributed by atoms with van der Waals surface area (Å²) in [5, 5.41) is 9.07. The standard InChI is InChI=1S/C21H20ClN3O2S2/c1-3-20(26)24-14-8-9-17(22)18(10-14)25-21(27)16-6-4-5-7-19(16)29-12-15-11-28-13(2)23-15/h4-11H,3,12H2,1-2H3,(H,24,26)(H,25,27). The van der Waals surface area contributed by atoms with Crippen molar-refractivity contribution >= 4 is 57.9 Å². The van der Waals surface area contributed by atoms with Crippen molar-refractivity contribution in [2.75, 3.05) is 10.6 Å². The molecular formula is C21H20ClN3O2S2. The number of aryl methyl sites for hydroxylation is 1. The third-order valence-electron chi connectivity index (χ3n) is 3.99. The Bertz CT molecular complexity index is 1040. The Balaban J connectivity index is 1.75. The van der Waals surface area contributed by atoms with Crippen LogP contribution in [0.4, 0.5) is 11.4 Å². The molecule has 29 heavy (non-hydrogen) atoms. The second-order valence-corrected chi connectivity index (χ2v) is 8.68. The number of thioether (sulfide) groups is 1. The molecule has 0 aliphatic carbocycles. The van der Waals surface area contributed by atoms with E-state index in [2.05, 4.69) is 15.6 Å². The molecule has 0 saturated carbocycles. The largest absolute Gasteiger partial charge is 0.326 e. The molecule has 2 N–H and O–H groups in total. The highest BCUT2D eigenvalue weighted by molar-refractivity contribution is 7.98. The zero-order valence-electron chi connectivity index (χ0n) is 16.0. The smallest absolute Gasteiger partial charge is 0.256 e. The number of carbonyl (C=O) groups is 2. The number of carbonyl (C=O) groups excluding carboxylic acids is 2. The van der Waals surface area contributed by atoms with Crippen molar-refractivity contribution in [2.24, 2.45) is 0 Å². The molecule has 5 nitrogen and oxygen atoms in total. The first-order chi connectivity index (χ1) is 14.0. The zero-order valence-corrected chi connectivity index (χ0v) is 18.4. The number of nitrogens with zero attached hydrogens (tertiary/aromatic N) is 1. The molecule has 2 aromatic carbocycles. The van der Waals surface area contributed by atoms with Gasteiger partial charge in [-0.25, -0.2) is 4.98 Å². The number of thiazole rings is 1. The Morgan fingerprint density at radius 3 is 2.69 bits per heavy atom. The fourth-order valence-corrected chi connectivity index (χ4v) is 4.37. The summed E-state index contributed by atoms with van der Waals surface area (Å²) in [6, 6.07) is 12.4. The van der Waals surface area contributed by atoms with Crippen molar-refractivity contribution in [2.45, 2.75) is 30.9 Å². The van der Waals surface area contributed by atoms with E-state index in [0.29, 0.717) is 34.1 Å². The number of amides is 2. The summed E-state index contributed by atoms with van der Waals surface area (Å²) >= 11 is 9.42. The van der Waals surface area contributed by atoms with Gasteiger partial charge in [0.25, 0.3) is 5.91 Å². The lowest BCUT2D eigenvalue weighted by Gasteiger charge is -2.12. The van der Waals surface area contributed by atoms with Crippen LogP contribution < -0.4 is 10.6 Å². The van der Waals surface area contributed by atoms with E-state index in [4.69, 9.17) is 11.6 Å². The molecule has 3 aromatic rings. The predicted octanol–water partition coefficient (Wildman–Crippen LogP) is 6.00. The SMILES string of the molecule is CCC(=O)Nc1ccc(Cl)c(NC(=O)c2ccccc2SCc2csc(C)n2)c1. The van der Waals surface area contributed by atoms with E-state index in [1.54, 1.807) is 54.3 Å². The van der Waals surface area contributed by atoms with E-state index in [0.717, 1.165) is 15.6 Å². The number of anilines is 2. The normalized spacial score (nSPS) is 10.6. The number of hydrogen-bond donors (Lipinski definition) is 2. The van der Waals surface area contributed by atoms with Crippen LogP contribution in [-0.2, 0) is 10.5 Å². The quantitative estimate of drug-likeness (QED) is 0.437. The molecule has 0 radical (unpaired) electrons. The number of hydrogen-bond acceptors (Lipinski definition) is 5. The molecule has 8 heteroatoms. The van der Waals surface area contributed by atoms with E-state index in [1.165, 1.54) is 0 Å². The van der Waals surface area contributed by atoms with Gasteiger partial charge in [-0.3, -0.25) is 9.59 Å². The monoisotopic (exact) mass is 445 g/mol. The van der Waals surface area contributed by atoms with Gasteiger partial charge in [0, 0.05) is 28.1 Å². The summed E-state index contributed by atoms with van der Waals surface area (Å²) < 4.78 is 0. The lowest BCUT2D eigenvalue weighted by atomic mass is 10.2. The van der Waals surface area contributed by atoms with Crippen LogP contribution in [0.1, 0.15) is 34.4 Å². The van der Waals surface area contributed by atoms with Gasteiger partial charge in [-0.1, -0.05) is 30.7 Å². The van der Waals surface area contributed by atoms with Crippen LogP contribution in [0.25, 0.3) is 0 Å². The highest BCUT2D eigenvalue weighted by Crippen LogP contribution is 2.30. The van der Waals surface area contributed by atoms with Crippen LogP contribution in [0.15, 0.2) is 52.7 Å². The van der Waals surface area contributed by atoms with Crippen molar-refractivity contribution in [3.63, 3.8) is 0 Å². The lowest BCUT2D eigenvalue weighted by Crippen LogP contribution is -2.14. The minimum atomic E-state index is -0.261. The van der Waals surface area contributed by atoms with Crippen LogP contribution in [0.2, 0.25) is 5.02 Å². The Hall–Kier alpha value is -2.35. The highest BCUT2D eigenvalue weighted by atomic mass is 35.5. The van der Waals surface area contributed by atoms with Crippen molar-refractivity contribution < 1.29 is 9.59 Å². The van der Waals surface area contributed by atoms with Crippen LogP contribution in [-0.4, -0.2) is 16.8 Å². The molecule has 0 aliphatic rings. The Morgan fingerprint density at radius 1 is 1.17 bits per heavy atom. The summed E-state index contributed by atoms with van der Waals surface area (Å²) in [5.41, 5.74) is 2.58. The Labute approximate surface area is 182 Å². The van der Waals surface area contributed by atoms with E-state index in [-0.39, 0.29) is 11.8 Å². The van der Waals surface area contributed by atoms with Crippen LogP contribution >= 0.6 is 34.7 Å². The van der Waals surface area contributed by atoms with Crippen LogP contribution in [0, 0.1) is 6.92 Å². The third-order valence-corrected chi connectivity index (χ3v) is 6.25. The molecule has 0 unspecified atom stereocenters. The molecule has 1 heterocycles. The number of halogens is 1. The topological polar surface area (TPSA) is 71.1 Å². The maximum absolute atomic E-state index is 12.9. The summed E-state index contributed by atoms with van der Waals surface area (Å²) in [5.74, 6) is 0.320. The summed E-state index contributed by atoms with van der Waals surface area (Å²) in [4.78, 5) is 29.9. The van der Waals surface area contributed by atoms with Crippen LogP contribution in [0.5, 0.6) is 0 Å². The van der Waals surface area contributed by atoms with Gasteiger partial charge in [-0.05, 0) is 37.3 Å². The molecule has 0 aliphatic heterocycles. The number of aromatic nitrogens is 1. The second kappa shape index (κ2) is 9.91. The van der Waals surface area contributed by atoms with Gasteiger partial charge in [0.2, 0.25) is 5.91 Å². The first-order valence-corrected chi connectivity index (χ1v) is 11.2. The van der Waals surface area contributed by atoms with Gasteiger partial charge >= 0.3 is 0 Å². The summed E-state index contributed by atoms with van der Waals surface area (Å²) in [6.07, 6.45) is 0.368. The van der Waals surface area contributed by atoms with Gasteiger partial charge in [-0.2, -0.15) is 0 Å². The minimum Gasteiger partial charge on any atom is -0.326 e. The van der Waals surface area contributed by atoms with Crippen molar-refractivity contribution in [3.8, 4) is 0 Å². The molecule has 0 bridgehead atoms. The minimum absolute atomic E-state index is 0.108. The lowest BCUT2D eigenvalue weighted by molar-refractivity contribution is -0.115. The van der Waals surface area contributed by atoms with E-state index in [1.807, 2.05) is 30.5 Å². The first kappa shape index (κ1) is 21.4. The van der Waals surface area contributed by atoms with Gasteiger partial charge in [0.05, 0.1) is 27.0 Å². The Kier molecular flexibility index (Phi) is 7.30. The van der Waals surface area contributed by atoms with Gasteiger partial charge < -0.3 is 10.6 Å². The third kappa shape index (κ3) is 5.82. The molecule has 0 fully saturated rings. The van der Waals surface area contributed by atoms with Crippen molar-refractivity contribution in [3.05, 3.63) is 69.1 Å². The van der Waals surface area contributed by atoms with Crippen molar-refractivity contribution in [1.82, 2.24) is 4.98 Å². The molecular weight excluding hydrogens is 426 g/mol. The van der Waals surface area contributed by atoms with E-state index in [9.17, 15) is 9.59 Å². The number of nitrogens with one attached hydrogen (secondary N) is 2.